The van der Waals surface area contributed by atoms with Gasteiger partial charge in [-0.05, 0) is 12.5 Å². The van der Waals surface area contributed by atoms with Crippen molar-refractivity contribution in [3.63, 3.8) is 0 Å². The van der Waals surface area contributed by atoms with Gasteiger partial charge in [-0.15, -0.1) is 0 Å². The van der Waals surface area contributed by atoms with Gasteiger partial charge in [-0.2, -0.15) is 0 Å². The van der Waals surface area contributed by atoms with Crippen LogP contribution in [0.3, 0.4) is 0 Å². The number of hydrogen-bond donors (Lipinski definition) is 1. The first-order valence-corrected chi connectivity index (χ1v) is 6.07. The van der Waals surface area contributed by atoms with Gasteiger partial charge in [0.25, 0.3) is 0 Å². The standard InChI is InChI=1S/C12H13FN2S/c1-2-7-14-12-15-8-11(16-12)9-5-3-4-6-10(9)13/h3-6,8H,2,7H2,1H3,(H,14,15). The van der Waals surface area contributed by atoms with Crippen molar-refractivity contribution in [2.75, 3.05) is 11.9 Å². The average Bonchev–Trinajstić information content (AvgIpc) is 2.75. The summed E-state index contributed by atoms with van der Waals surface area (Å²) in [7, 11) is 0. The number of nitrogens with one attached hydrogen (secondary N) is 1. The molecular weight excluding hydrogens is 223 g/mol. The molecule has 84 valence electrons. The minimum absolute atomic E-state index is 0.201. The van der Waals surface area contributed by atoms with E-state index in [-0.39, 0.29) is 5.82 Å². The summed E-state index contributed by atoms with van der Waals surface area (Å²) < 4.78 is 13.5. The van der Waals surface area contributed by atoms with Crippen LogP contribution in [0.25, 0.3) is 10.4 Å². The lowest BCUT2D eigenvalue weighted by Gasteiger charge is -1.98. The monoisotopic (exact) mass is 236 g/mol. The third kappa shape index (κ3) is 2.39. The predicted molar refractivity (Wildman–Crippen MR) is 66.3 cm³/mol. The second-order valence-electron chi connectivity index (χ2n) is 3.44. The first-order chi connectivity index (χ1) is 7.81. The van der Waals surface area contributed by atoms with Gasteiger partial charge in [0.2, 0.25) is 0 Å². The maximum atomic E-state index is 13.5. The molecule has 0 radical (unpaired) electrons. The topological polar surface area (TPSA) is 24.9 Å². The quantitative estimate of drug-likeness (QED) is 0.874. The van der Waals surface area contributed by atoms with Crippen molar-refractivity contribution in [2.24, 2.45) is 0 Å². The van der Waals surface area contributed by atoms with Crippen molar-refractivity contribution in [3.05, 3.63) is 36.3 Å². The van der Waals surface area contributed by atoms with Crippen LogP contribution < -0.4 is 5.32 Å². The van der Waals surface area contributed by atoms with Gasteiger partial charge in [-0.25, -0.2) is 9.37 Å². The van der Waals surface area contributed by atoms with Crippen LogP contribution in [-0.4, -0.2) is 11.5 Å². The molecular formula is C12H13FN2S. The molecule has 0 saturated carbocycles. The third-order valence-electron chi connectivity index (χ3n) is 2.17. The molecule has 0 aliphatic heterocycles. The van der Waals surface area contributed by atoms with Crippen molar-refractivity contribution in [3.8, 4) is 10.4 Å². The van der Waals surface area contributed by atoms with Crippen LogP contribution in [0, 0.1) is 5.82 Å². The molecule has 1 heterocycles. The summed E-state index contributed by atoms with van der Waals surface area (Å²) >= 11 is 1.48. The Morgan fingerprint density at radius 3 is 2.94 bits per heavy atom. The van der Waals surface area contributed by atoms with Gasteiger partial charge >= 0.3 is 0 Å². The van der Waals surface area contributed by atoms with Crippen LogP contribution >= 0.6 is 11.3 Å². The van der Waals surface area contributed by atoms with E-state index >= 15 is 0 Å². The van der Waals surface area contributed by atoms with Crippen molar-refractivity contribution in [2.45, 2.75) is 13.3 Å². The summed E-state index contributed by atoms with van der Waals surface area (Å²) in [4.78, 5) is 5.07. The Kier molecular flexibility index (Phi) is 3.51. The smallest absolute Gasteiger partial charge is 0.183 e. The van der Waals surface area contributed by atoms with E-state index in [0.717, 1.165) is 23.0 Å². The number of nitrogens with zero attached hydrogens (tertiary/aromatic N) is 1. The van der Waals surface area contributed by atoms with Gasteiger partial charge in [-0.3, -0.25) is 0 Å². The molecule has 0 amide bonds. The number of thiazole rings is 1. The Balaban J connectivity index is 2.22. The van der Waals surface area contributed by atoms with Crippen molar-refractivity contribution < 1.29 is 4.39 Å². The Bertz CT molecular complexity index is 468. The first kappa shape index (κ1) is 11.1. The van der Waals surface area contributed by atoms with Crippen LogP contribution in [-0.2, 0) is 0 Å². The molecule has 0 unspecified atom stereocenters. The van der Waals surface area contributed by atoms with Gasteiger partial charge in [0.05, 0.1) is 4.88 Å². The molecule has 2 rings (SSSR count). The Hall–Kier alpha value is -1.42. The summed E-state index contributed by atoms with van der Waals surface area (Å²) in [6.07, 6.45) is 2.76. The Labute approximate surface area is 98.2 Å². The summed E-state index contributed by atoms with van der Waals surface area (Å²) in [5.41, 5.74) is 0.615. The highest BCUT2D eigenvalue weighted by molar-refractivity contribution is 7.18. The third-order valence-corrected chi connectivity index (χ3v) is 3.16. The molecule has 4 heteroatoms. The summed E-state index contributed by atoms with van der Waals surface area (Å²) in [5, 5.41) is 4.04. The van der Waals surface area contributed by atoms with Gasteiger partial charge in [-0.1, -0.05) is 36.5 Å². The highest BCUT2D eigenvalue weighted by Crippen LogP contribution is 2.30. The van der Waals surface area contributed by atoms with E-state index in [4.69, 9.17) is 0 Å². The first-order valence-electron chi connectivity index (χ1n) is 5.26. The van der Waals surface area contributed by atoms with Crippen LogP contribution in [0.5, 0.6) is 0 Å². The molecule has 0 aliphatic carbocycles. The zero-order chi connectivity index (χ0) is 11.4. The zero-order valence-corrected chi connectivity index (χ0v) is 9.85. The van der Waals surface area contributed by atoms with Gasteiger partial charge in [0, 0.05) is 18.3 Å². The van der Waals surface area contributed by atoms with E-state index in [2.05, 4.69) is 17.2 Å². The van der Waals surface area contributed by atoms with Crippen molar-refractivity contribution in [1.82, 2.24) is 4.98 Å². The zero-order valence-electron chi connectivity index (χ0n) is 9.03. The number of benzene rings is 1. The second kappa shape index (κ2) is 5.07. The largest absolute Gasteiger partial charge is 0.362 e. The minimum Gasteiger partial charge on any atom is -0.362 e. The molecule has 1 N–H and O–H groups in total. The maximum Gasteiger partial charge on any atom is 0.183 e. The number of hydrogen-bond acceptors (Lipinski definition) is 3. The molecule has 0 fully saturated rings. The van der Waals surface area contributed by atoms with E-state index in [1.54, 1.807) is 18.3 Å². The Morgan fingerprint density at radius 1 is 1.38 bits per heavy atom. The molecule has 0 atom stereocenters. The normalized spacial score (nSPS) is 10.4. The summed E-state index contributed by atoms with van der Waals surface area (Å²) in [5.74, 6) is -0.201. The maximum absolute atomic E-state index is 13.5. The fraction of sp³-hybridized carbons (Fsp3) is 0.250. The lowest BCUT2D eigenvalue weighted by atomic mass is 10.2. The van der Waals surface area contributed by atoms with Crippen LogP contribution in [0.4, 0.5) is 9.52 Å². The highest BCUT2D eigenvalue weighted by atomic mass is 32.1. The number of anilines is 1. The fourth-order valence-electron chi connectivity index (χ4n) is 1.37. The average molecular weight is 236 g/mol. The van der Waals surface area contributed by atoms with Crippen LogP contribution in [0.15, 0.2) is 30.5 Å². The van der Waals surface area contributed by atoms with Crippen LogP contribution in [0.2, 0.25) is 0 Å². The second-order valence-corrected chi connectivity index (χ2v) is 4.47. The summed E-state index contributed by atoms with van der Waals surface area (Å²) in [6, 6.07) is 6.76. The van der Waals surface area contributed by atoms with E-state index in [9.17, 15) is 4.39 Å². The lowest BCUT2D eigenvalue weighted by molar-refractivity contribution is 0.631. The highest BCUT2D eigenvalue weighted by Gasteiger charge is 2.07. The predicted octanol–water partition coefficient (Wildman–Crippen LogP) is 3.77. The van der Waals surface area contributed by atoms with Gasteiger partial charge < -0.3 is 5.32 Å². The number of halogens is 1. The molecule has 0 saturated heterocycles. The van der Waals surface area contributed by atoms with Gasteiger partial charge in [0.15, 0.2) is 5.13 Å². The molecule has 0 aliphatic rings. The van der Waals surface area contributed by atoms with Gasteiger partial charge in [0.1, 0.15) is 5.82 Å². The molecule has 0 bridgehead atoms. The summed E-state index contributed by atoms with van der Waals surface area (Å²) in [6.45, 7) is 2.99. The van der Waals surface area contributed by atoms with E-state index in [0.29, 0.717) is 5.56 Å². The molecule has 2 aromatic rings. The SMILES string of the molecule is CCCNc1ncc(-c2ccccc2F)s1. The van der Waals surface area contributed by atoms with Crippen molar-refractivity contribution >= 4 is 16.5 Å². The molecule has 1 aromatic carbocycles. The van der Waals surface area contributed by atoms with E-state index in [1.807, 2.05) is 6.07 Å². The van der Waals surface area contributed by atoms with Crippen molar-refractivity contribution in [1.29, 1.82) is 0 Å². The number of aromatic nitrogens is 1. The molecule has 0 spiro atoms. The fourth-order valence-corrected chi connectivity index (χ4v) is 2.24. The number of rotatable bonds is 4. The van der Waals surface area contributed by atoms with E-state index < -0.39 is 0 Å². The molecule has 2 nitrogen and oxygen atoms in total. The van der Waals surface area contributed by atoms with Crippen LogP contribution in [0.1, 0.15) is 13.3 Å². The molecule has 1 aromatic heterocycles. The van der Waals surface area contributed by atoms with E-state index in [1.165, 1.54) is 17.4 Å². The Morgan fingerprint density at radius 2 is 2.19 bits per heavy atom. The molecule has 16 heavy (non-hydrogen) atoms. The minimum atomic E-state index is -0.201. The lowest BCUT2D eigenvalue weighted by Crippen LogP contribution is -1.97.